The third kappa shape index (κ3) is 1.34. The zero-order chi connectivity index (χ0) is 10.1. The number of ether oxygens (including phenoxy) is 2. The molecule has 0 radical (unpaired) electrons. The largest absolute Gasteiger partial charge is 0.479 e. The zero-order valence-electron chi connectivity index (χ0n) is 7.35. The highest BCUT2D eigenvalue weighted by Gasteiger charge is 2.37. The van der Waals surface area contributed by atoms with Crippen LogP contribution in [0.15, 0.2) is 10.6 Å². The van der Waals surface area contributed by atoms with E-state index in [0.29, 0.717) is 0 Å². The number of aromatic nitrogens is 1. The molecule has 14 heavy (non-hydrogen) atoms. The van der Waals surface area contributed by atoms with Crippen LogP contribution in [0.25, 0.3) is 0 Å². The first-order chi connectivity index (χ1) is 6.70. The fourth-order valence-corrected chi connectivity index (χ4v) is 1.22. The van der Waals surface area contributed by atoms with Crippen LogP contribution < -0.4 is 4.74 Å². The number of cyclic esters (lactones) is 2. The van der Waals surface area contributed by atoms with Gasteiger partial charge in [-0.3, -0.25) is 9.59 Å². The molecule has 1 unspecified atom stereocenters. The normalized spacial score (nSPS) is 21.1. The molecule has 0 aromatic carbocycles. The van der Waals surface area contributed by atoms with Crippen LogP contribution in [-0.4, -0.2) is 24.2 Å². The Bertz CT molecular complexity index is 383. The number of nitrogens with zero attached hydrogens (tertiary/aromatic N) is 1. The summed E-state index contributed by atoms with van der Waals surface area (Å²) < 4.78 is 14.0. The van der Waals surface area contributed by atoms with Crippen molar-refractivity contribution in [2.24, 2.45) is 0 Å². The summed E-state index contributed by atoms with van der Waals surface area (Å²) in [6, 6.07) is 1.46. The van der Waals surface area contributed by atoms with Crippen LogP contribution >= 0.6 is 0 Å². The van der Waals surface area contributed by atoms with Gasteiger partial charge < -0.3 is 14.0 Å². The van der Waals surface area contributed by atoms with Crippen LogP contribution in [0.3, 0.4) is 0 Å². The molecular weight excluding hydrogens is 190 g/mol. The van der Waals surface area contributed by atoms with Crippen LogP contribution in [0.5, 0.6) is 5.88 Å². The quantitative estimate of drug-likeness (QED) is 0.499. The SMILES string of the molecule is COc1cc(C2CC(=O)OC2=O)on1. The van der Waals surface area contributed by atoms with Crippen molar-refractivity contribution in [3.63, 3.8) is 0 Å². The Balaban J connectivity index is 2.22. The molecular formula is C8H7NO5. The van der Waals surface area contributed by atoms with E-state index < -0.39 is 17.9 Å². The van der Waals surface area contributed by atoms with Crippen molar-refractivity contribution < 1.29 is 23.6 Å². The highest BCUT2D eigenvalue weighted by molar-refractivity contribution is 5.97. The second kappa shape index (κ2) is 3.13. The molecule has 0 N–H and O–H groups in total. The standard InChI is InChI=1S/C8H7NO5/c1-12-6-3-5(14-9-6)4-2-7(10)13-8(4)11/h3-4H,2H2,1H3. The van der Waals surface area contributed by atoms with Crippen LogP contribution in [0.2, 0.25) is 0 Å². The molecule has 0 bridgehead atoms. The summed E-state index contributed by atoms with van der Waals surface area (Å²) in [6.07, 6.45) is -0.00280. The molecule has 1 atom stereocenters. The minimum atomic E-state index is -0.682. The molecule has 1 fully saturated rings. The van der Waals surface area contributed by atoms with E-state index in [0.717, 1.165) is 0 Å². The Morgan fingerprint density at radius 2 is 2.36 bits per heavy atom. The molecule has 1 aliphatic rings. The fourth-order valence-electron chi connectivity index (χ4n) is 1.22. The minimum absolute atomic E-state index is 0.00280. The van der Waals surface area contributed by atoms with Gasteiger partial charge in [0.1, 0.15) is 5.92 Å². The topological polar surface area (TPSA) is 78.6 Å². The summed E-state index contributed by atoms with van der Waals surface area (Å²) in [5.74, 6) is -1.27. The summed E-state index contributed by atoms with van der Waals surface area (Å²) in [6.45, 7) is 0. The van der Waals surface area contributed by atoms with E-state index in [1.807, 2.05) is 0 Å². The number of hydrogen-bond acceptors (Lipinski definition) is 6. The lowest BCUT2D eigenvalue weighted by Crippen LogP contribution is -2.04. The summed E-state index contributed by atoms with van der Waals surface area (Å²) >= 11 is 0. The predicted molar refractivity (Wildman–Crippen MR) is 41.5 cm³/mol. The van der Waals surface area contributed by atoms with E-state index in [1.165, 1.54) is 13.2 Å². The molecule has 1 aromatic rings. The van der Waals surface area contributed by atoms with Crippen molar-refractivity contribution in [1.82, 2.24) is 5.16 Å². The van der Waals surface area contributed by atoms with Crippen molar-refractivity contribution in [2.45, 2.75) is 12.3 Å². The second-order valence-electron chi connectivity index (χ2n) is 2.82. The molecule has 1 aromatic heterocycles. The lowest BCUT2D eigenvalue weighted by Gasteiger charge is -1.95. The van der Waals surface area contributed by atoms with E-state index in [4.69, 9.17) is 9.26 Å². The van der Waals surface area contributed by atoms with E-state index in [9.17, 15) is 9.59 Å². The molecule has 0 aliphatic carbocycles. The lowest BCUT2D eigenvalue weighted by atomic mass is 10.1. The first-order valence-corrected chi connectivity index (χ1v) is 3.96. The number of rotatable bonds is 2. The van der Waals surface area contributed by atoms with Gasteiger partial charge in [0.15, 0.2) is 5.76 Å². The number of carbonyl (C=O) groups excluding carboxylic acids is 2. The highest BCUT2D eigenvalue weighted by Crippen LogP contribution is 2.29. The Morgan fingerprint density at radius 1 is 1.57 bits per heavy atom. The summed E-state index contributed by atoms with van der Waals surface area (Å²) in [5.41, 5.74) is 0. The fraction of sp³-hybridized carbons (Fsp3) is 0.375. The zero-order valence-corrected chi connectivity index (χ0v) is 7.35. The van der Waals surface area contributed by atoms with Gasteiger partial charge in [-0.1, -0.05) is 0 Å². The van der Waals surface area contributed by atoms with Crippen molar-refractivity contribution in [3.8, 4) is 5.88 Å². The van der Waals surface area contributed by atoms with Gasteiger partial charge in [0.25, 0.3) is 5.88 Å². The van der Waals surface area contributed by atoms with Crippen LogP contribution in [0, 0.1) is 0 Å². The van der Waals surface area contributed by atoms with Crippen molar-refractivity contribution in [1.29, 1.82) is 0 Å². The van der Waals surface area contributed by atoms with Gasteiger partial charge in [-0.15, -0.1) is 0 Å². The Labute approximate surface area is 78.8 Å². The van der Waals surface area contributed by atoms with Crippen LogP contribution in [0.4, 0.5) is 0 Å². The average Bonchev–Trinajstić information content (AvgIpc) is 2.71. The number of esters is 2. The maximum atomic E-state index is 11.1. The highest BCUT2D eigenvalue weighted by atomic mass is 16.6. The van der Waals surface area contributed by atoms with Gasteiger partial charge in [-0.25, -0.2) is 0 Å². The third-order valence-electron chi connectivity index (χ3n) is 1.93. The predicted octanol–water partition coefficient (Wildman–Crippen LogP) is 0.240. The van der Waals surface area contributed by atoms with Crippen molar-refractivity contribution in [2.75, 3.05) is 7.11 Å². The molecule has 0 amide bonds. The second-order valence-corrected chi connectivity index (χ2v) is 2.82. The first kappa shape index (κ1) is 8.74. The van der Waals surface area contributed by atoms with Gasteiger partial charge in [0.05, 0.1) is 13.5 Å². The maximum absolute atomic E-state index is 11.1. The number of hydrogen-bond donors (Lipinski definition) is 0. The van der Waals surface area contributed by atoms with E-state index in [1.54, 1.807) is 0 Å². The van der Waals surface area contributed by atoms with Gasteiger partial charge in [-0.2, -0.15) is 0 Å². The van der Waals surface area contributed by atoms with Crippen molar-refractivity contribution >= 4 is 11.9 Å². The number of methoxy groups -OCH3 is 1. The van der Waals surface area contributed by atoms with E-state index in [2.05, 4.69) is 9.89 Å². The minimum Gasteiger partial charge on any atom is -0.479 e. The molecule has 74 valence electrons. The Hall–Kier alpha value is -1.85. The number of carbonyl (C=O) groups is 2. The first-order valence-electron chi connectivity index (χ1n) is 3.96. The van der Waals surface area contributed by atoms with Crippen LogP contribution in [-0.2, 0) is 14.3 Å². The van der Waals surface area contributed by atoms with Crippen molar-refractivity contribution in [3.05, 3.63) is 11.8 Å². The van der Waals surface area contributed by atoms with Gasteiger partial charge >= 0.3 is 11.9 Å². The average molecular weight is 197 g/mol. The maximum Gasteiger partial charge on any atom is 0.325 e. The summed E-state index contributed by atoms with van der Waals surface area (Å²) in [5, 5.41) is 3.52. The Kier molecular flexibility index (Phi) is 1.95. The monoisotopic (exact) mass is 197 g/mol. The van der Waals surface area contributed by atoms with Crippen LogP contribution in [0.1, 0.15) is 18.1 Å². The molecule has 6 heteroatoms. The molecule has 6 nitrogen and oxygen atoms in total. The summed E-state index contributed by atoms with van der Waals surface area (Å²) in [4.78, 5) is 21.9. The van der Waals surface area contributed by atoms with Gasteiger partial charge in [0.2, 0.25) is 0 Å². The third-order valence-corrected chi connectivity index (χ3v) is 1.93. The molecule has 0 saturated carbocycles. The summed E-state index contributed by atoms with van der Waals surface area (Å²) in [7, 11) is 1.43. The van der Waals surface area contributed by atoms with Gasteiger partial charge in [-0.05, 0) is 5.16 Å². The molecule has 0 spiro atoms. The molecule has 1 aliphatic heterocycles. The van der Waals surface area contributed by atoms with E-state index >= 15 is 0 Å². The van der Waals surface area contributed by atoms with E-state index in [-0.39, 0.29) is 18.1 Å². The molecule has 1 saturated heterocycles. The van der Waals surface area contributed by atoms with Gasteiger partial charge in [0, 0.05) is 6.07 Å². The Morgan fingerprint density at radius 3 is 2.86 bits per heavy atom. The molecule has 2 heterocycles. The lowest BCUT2D eigenvalue weighted by molar-refractivity contribution is -0.152. The molecule has 2 rings (SSSR count). The smallest absolute Gasteiger partial charge is 0.325 e.